The molecule has 4 rings (SSSR count). The molecule has 0 aliphatic rings. The van der Waals surface area contributed by atoms with Gasteiger partial charge in [-0.2, -0.15) is 0 Å². The highest BCUT2D eigenvalue weighted by Gasteiger charge is 2.13. The molecule has 0 saturated carbocycles. The molecule has 0 unspecified atom stereocenters. The van der Waals surface area contributed by atoms with Gasteiger partial charge in [-0.05, 0) is 23.8 Å². The van der Waals surface area contributed by atoms with Gasteiger partial charge in [-0.15, -0.1) is 10.2 Å². The number of hydrogen-bond donors (Lipinski definition) is 2. The van der Waals surface area contributed by atoms with E-state index in [1.54, 1.807) is 6.07 Å². The van der Waals surface area contributed by atoms with E-state index in [4.69, 9.17) is 0 Å². The van der Waals surface area contributed by atoms with Crippen molar-refractivity contribution < 1.29 is 9.59 Å². The molecule has 4 aromatic rings. The van der Waals surface area contributed by atoms with Crippen LogP contribution < -0.4 is 10.6 Å². The minimum atomic E-state index is -0.356. The average Bonchev–Trinajstić information content (AvgIpc) is 3.20. The largest absolute Gasteiger partial charge is 0.343 e. The lowest BCUT2D eigenvalue weighted by atomic mass is 10.0. The minimum absolute atomic E-state index is 0.151. The van der Waals surface area contributed by atoms with Gasteiger partial charge in [-0.25, -0.2) is 0 Å². The number of benzene rings is 3. The molecule has 0 radical (unpaired) electrons. The molecule has 2 amide bonds. The fraction of sp³-hybridized carbons (Fsp3) is 0.0909. The maximum atomic E-state index is 12.5. The fourth-order valence-electron chi connectivity index (χ4n) is 2.93. The van der Waals surface area contributed by atoms with Gasteiger partial charge in [0.05, 0.1) is 6.54 Å². The summed E-state index contributed by atoms with van der Waals surface area (Å²) in [7, 11) is 0. The van der Waals surface area contributed by atoms with Crippen molar-refractivity contribution >= 4 is 39.1 Å². The predicted molar refractivity (Wildman–Crippen MR) is 115 cm³/mol. The summed E-state index contributed by atoms with van der Waals surface area (Å²) < 4.78 is 0. The SMILES string of the molecule is Cc1ccc(-c2nnc(NC(=O)CNC(=O)c3cccc4ccccc34)s2)cc1. The number of aryl methyl sites for hydroxylation is 1. The van der Waals surface area contributed by atoms with E-state index < -0.39 is 0 Å². The molecule has 0 aliphatic heterocycles. The molecule has 6 nitrogen and oxygen atoms in total. The van der Waals surface area contributed by atoms with Crippen molar-refractivity contribution in [2.75, 3.05) is 11.9 Å². The van der Waals surface area contributed by atoms with E-state index in [1.165, 1.54) is 11.3 Å². The highest BCUT2D eigenvalue weighted by atomic mass is 32.1. The molecule has 0 aliphatic carbocycles. The first kappa shape index (κ1) is 18.8. The number of anilines is 1. The van der Waals surface area contributed by atoms with Gasteiger partial charge >= 0.3 is 0 Å². The van der Waals surface area contributed by atoms with Crippen LogP contribution in [0.15, 0.2) is 66.7 Å². The predicted octanol–water partition coefficient (Wildman–Crippen LogP) is 4.04. The molecule has 29 heavy (non-hydrogen) atoms. The van der Waals surface area contributed by atoms with Crippen LogP contribution >= 0.6 is 11.3 Å². The Hall–Kier alpha value is -3.58. The monoisotopic (exact) mass is 402 g/mol. The molecule has 1 heterocycles. The number of carbonyl (C=O) groups is 2. The third-order valence-corrected chi connectivity index (χ3v) is 5.30. The zero-order valence-corrected chi connectivity index (χ0v) is 16.5. The van der Waals surface area contributed by atoms with Gasteiger partial charge in [0.2, 0.25) is 11.0 Å². The first-order valence-corrected chi connectivity index (χ1v) is 9.88. The molecule has 0 spiro atoms. The van der Waals surface area contributed by atoms with Crippen LogP contribution in [0.2, 0.25) is 0 Å². The number of aromatic nitrogens is 2. The molecule has 144 valence electrons. The van der Waals surface area contributed by atoms with Gasteiger partial charge in [-0.3, -0.25) is 14.9 Å². The van der Waals surface area contributed by atoms with E-state index in [9.17, 15) is 9.59 Å². The summed E-state index contributed by atoms with van der Waals surface area (Å²) in [5.74, 6) is -0.653. The van der Waals surface area contributed by atoms with Crippen LogP contribution in [0.5, 0.6) is 0 Å². The Kier molecular flexibility index (Phi) is 5.31. The summed E-state index contributed by atoms with van der Waals surface area (Å²) in [5, 5.41) is 16.4. The first-order valence-electron chi connectivity index (χ1n) is 9.06. The average molecular weight is 402 g/mol. The lowest BCUT2D eigenvalue weighted by molar-refractivity contribution is -0.115. The normalized spacial score (nSPS) is 10.7. The number of hydrogen-bond acceptors (Lipinski definition) is 5. The van der Waals surface area contributed by atoms with Gasteiger partial charge in [0.15, 0.2) is 0 Å². The van der Waals surface area contributed by atoms with Crippen LogP contribution in [0.25, 0.3) is 21.3 Å². The molecule has 0 saturated heterocycles. The maximum absolute atomic E-state index is 12.5. The van der Waals surface area contributed by atoms with Gasteiger partial charge < -0.3 is 5.32 Å². The Balaban J connectivity index is 1.38. The Labute approximate surface area is 171 Å². The van der Waals surface area contributed by atoms with Gasteiger partial charge in [-0.1, -0.05) is 77.6 Å². The minimum Gasteiger partial charge on any atom is -0.343 e. The highest BCUT2D eigenvalue weighted by Crippen LogP contribution is 2.26. The molecule has 7 heteroatoms. The number of rotatable bonds is 5. The second kappa shape index (κ2) is 8.20. The van der Waals surface area contributed by atoms with Crippen LogP contribution in [0.4, 0.5) is 5.13 Å². The second-order valence-electron chi connectivity index (χ2n) is 6.54. The van der Waals surface area contributed by atoms with Crippen LogP contribution in [0.3, 0.4) is 0 Å². The van der Waals surface area contributed by atoms with Crippen molar-refractivity contribution in [1.82, 2.24) is 15.5 Å². The number of amides is 2. The molecule has 0 fully saturated rings. The lowest BCUT2D eigenvalue weighted by Crippen LogP contribution is -2.32. The van der Waals surface area contributed by atoms with Gasteiger partial charge in [0.1, 0.15) is 5.01 Å². The highest BCUT2D eigenvalue weighted by molar-refractivity contribution is 7.18. The summed E-state index contributed by atoms with van der Waals surface area (Å²) in [4.78, 5) is 24.7. The van der Waals surface area contributed by atoms with Crippen LogP contribution in [-0.4, -0.2) is 28.6 Å². The number of fused-ring (bicyclic) bond motifs is 1. The van der Waals surface area contributed by atoms with Crippen LogP contribution in [-0.2, 0) is 4.79 Å². The smallest absolute Gasteiger partial charge is 0.252 e. The Morgan fingerprint density at radius 2 is 1.69 bits per heavy atom. The quantitative estimate of drug-likeness (QED) is 0.528. The van der Waals surface area contributed by atoms with Crippen molar-refractivity contribution in [1.29, 1.82) is 0 Å². The number of nitrogens with one attached hydrogen (secondary N) is 2. The summed E-state index contributed by atoms with van der Waals surface area (Å²) >= 11 is 1.29. The number of nitrogens with zero attached hydrogens (tertiary/aromatic N) is 2. The van der Waals surface area contributed by atoms with Gasteiger partial charge in [0, 0.05) is 11.1 Å². The summed E-state index contributed by atoms with van der Waals surface area (Å²) in [6.07, 6.45) is 0. The Morgan fingerprint density at radius 1 is 0.931 bits per heavy atom. The topological polar surface area (TPSA) is 84.0 Å². The maximum Gasteiger partial charge on any atom is 0.252 e. The summed E-state index contributed by atoms with van der Waals surface area (Å²) in [6, 6.07) is 21.1. The summed E-state index contributed by atoms with van der Waals surface area (Å²) in [5.41, 5.74) is 2.64. The van der Waals surface area contributed by atoms with E-state index in [-0.39, 0.29) is 18.4 Å². The standard InChI is InChI=1S/C22H18N4O2S/c1-14-9-11-16(12-10-14)21-25-26-22(29-21)24-19(27)13-23-20(28)18-8-4-6-15-5-2-3-7-17(15)18/h2-12H,13H2,1H3,(H,23,28)(H,24,26,27). The van der Waals surface area contributed by atoms with Crippen LogP contribution in [0, 0.1) is 6.92 Å². The third-order valence-electron chi connectivity index (χ3n) is 4.41. The molecular formula is C22H18N4O2S. The molecule has 0 atom stereocenters. The van der Waals surface area contributed by atoms with E-state index in [1.807, 2.05) is 67.6 Å². The van der Waals surface area contributed by atoms with Crippen molar-refractivity contribution in [3.8, 4) is 10.6 Å². The lowest BCUT2D eigenvalue weighted by Gasteiger charge is -2.07. The fourth-order valence-corrected chi connectivity index (χ4v) is 3.69. The second-order valence-corrected chi connectivity index (χ2v) is 7.51. The van der Waals surface area contributed by atoms with Crippen molar-refractivity contribution in [2.24, 2.45) is 0 Å². The van der Waals surface area contributed by atoms with Gasteiger partial charge in [0.25, 0.3) is 5.91 Å². The number of carbonyl (C=O) groups excluding carboxylic acids is 2. The van der Waals surface area contributed by atoms with E-state index >= 15 is 0 Å². The van der Waals surface area contributed by atoms with Crippen molar-refractivity contribution in [3.63, 3.8) is 0 Å². The Morgan fingerprint density at radius 3 is 2.52 bits per heavy atom. The van der Waals surface area contributed by atoms with Crippen LogP contribution in [0.1, 0.15) is 15.9 Å². The molecular weight excluding hydrogens is 384 g/mol. The first-order chi connectivity index (χ1) is 14.1. The van der Waals surface area contributed by atoms with E-state index in [0.717, 1.165) is 26.9 Å². The molecule has 3 aromatic carbocycles. The zero-order valence-electron chi connectivity index (χ0n) is 15.7. The van der Waals surface area contributed by atoms with Crippen molar-refractivity contribution in [3.05, 3.63) is 77.9 Å². The van der Waals surface area contributed by atoms with E-state index in [2.05, 4.69) is 20.8 Å². The van der Waals surface area contributed by atoms with Crippen molar-refractivity contribution in [2.45, 2.75) is 6.92 Å². The zero-order chi connectivity index (χ0) is 20.2. The Bertz CT molecular complexity index is 1180. The third kappa shape index (κ3) is 4.30. The van der Waals surface area contributed by atoms with E-state index in [0.29, 0.717) is 10.7 Å². The summed E-state index contributed by atoms with van der Waals surface area (Å²) in [6.45, 7) is 1.86. The molecule has 1 aromatic heterocycles. The molecule has 0 bridgehead atoms. The molecule has 2 N–H and O–H groups in total.